The van der Waals surface area contributed by atoms with Gasteiger partial charge in [0.1, 0.15) is 10.7 Å². The van der Waals surface area contributed by atoms with Gasteiger partial charge in [-0.3, -0.25) is 0 Å². The molecule has 20 heavy (non-hydrogen) atoms. The first-order valence-electron chi connectivity index (χ1n) is 6.33. The number of sulfonamides is 1. The molecule has 0 aliphatic carbocycles. The minimum absolute atomic E-state index is 0.270. The molecule has 1 unspecified atom stereocenters. The van der Waals surface area contributed by atoms with Crippen molar-refractivity contribution < 1.29 is 22.7 Å². The maximum absolute atomic E-state index is 13.6. The summed E-state index contributed by atoms with van der Waals surface area (Å²) < 4.78 is 40.1. The molecule has 2 N–H and O–H groups in total. The third-order valence-corrected chi connectivity index (χ3v) is 4.42. The van der Waals surface area contributed by atoms with Gasteiger partial charge in [-0.05, 0) is 31.5 Å². The molecule has 1 aromatic rings. The van der Waals surface area contributed by atoms with Crippen LogP contribution in [0.1, 0.15) is 43.5 Å². The minimum atomic E-state index is -4.06. The fraction of sp³-hybridized carbons (Fsp3) is 0.462. The number of halogens is 1. The summed E-state index contributed by atoms with van der Waals surface area (Å²) in [5, 5.41) is 8.83. The summed E-state index contributed by atoms with van der Waals surface area (Å²) in [5.41, 5.74) is -0.270. The maximum Gasteiger partial charge on any atom is 0.335 e. The molecule has 0 aromatic heterocycles. The number of benzene rings is 1. The number of hydrogen-bond acceptors (Lipinski definition) is 3. The van der Waals surface area contributed by atoms with Crippen molar-refractivity contribution >= 4 is 16.0 Å². The van der Waals surface area contributed by atoms with Crippen LogP contribution in [0.5, 0.6) is 0 Å². The number of carbonyl (C=O) groups is 1. The molecule has 112 valence electrons. The van der Waals surface area contributed by atoms with Crippen molar-refractivity contribution in [3.05, 3.63) is 29.6 Å². The van der Waals surface area contributed by atoms with Gasteiger partial charge in [0.15, 0.2) is 0 Å². The van der Waals surface area contributed by atoms with Crippen LogP contribution in [0.25, 0.3) is 0 Å². The predicted molar refractivity (Wildman–Crippen MR) is 72.7 cm³/mol. The number of aromatic carboxylic acids is 1. The van der Waals surface area contributed by atoms with Crippen LogP contribution in [0.4, 0.5) is 4.39 Å². The molecule has 0 fully saturated rings. The van der Waals surface area contributed by atoms with E-state index in [-0.39, 0.29) is 11.6 Å². The van der Waals surface area contributed by atoms with Crippen molar-refractivity contribution in [2.45, 2.75) is 44.0 Å². The second kappa shape index (κ2) is 6.81. The molecular formula is C13H18FNO4S. The Morgan fingerprint density at radius 3 is 2.65 bits per heavy atom. The van der Waals surface area contributed by atoms with Gasteiger partial charge >= 0.3 is 5.97 Å². The van der Waals surface area contributed by atoms with Crippen molar-refractivity contribution in [1.82, 2.24) is 4.72 Å². The second-order valence-corrected chi connectivity index (χ2v) is 6.30. The Morgan fingerprint density at radius 1 is 1.45 bits per heavy atom. The van der Waals surface area contributed by atoms with E-state index in [2.05, 4.69) is 4.72 Å². The summed E-state index contributed by atoms with van der Waals surface area (Å²) >= 11 is 0. The Labute approximate surface area is 117 Å². The first-order valence-corrected chi connectivity index (χ1v) is 7.81. The summed E-state index contributed by atoms with van der Waals surface area (Å²) in [6.45, 7) is 3.67. The number of carboxylic acid groups (broad SMARTS) is 1. The zero-order valence-corrected chi connectivity index (χ0v) is 12.2. The van der Waals surface area contributed by atoms with E-state index in [1.54, 1.807) is 6.92 Å². The van der Waals surface area contributed by atoms with Gasteiger partial charge in [-0.2, -0.15) is 0 Å². The van der Waals surface area contributed by atoms with Crippen LogP contribution in [0, 0.1) is 5.82 Å². The second-order valence-electron chi connectivity index (χ2n) is 4.61. The molecule has 0 saturated carbocycles. The maximum atomic E-state index is 13.6. The molecule has 1 aromatic carbocycles. The van der Waals surface area contributed by atoms with E-state index in [0.717, 1.165) is 31.0 Å². The van der Waals surface area contributed by atoms with Crippen molar-refractivity contribution in [2.24, 2.45) is 0 Å². The van der Waals surface area contributed by atoms with E-state index < -0.39 is 26.7 Å². The van der Waals surface area contributed by atoms with Crippen molar-refractivity contribution in [1.29, 1.82) is 0 Å². The average Bonchev–Trinajstić information content (AvgIpc) is 2.35. The van der Waals surface area contributed by atoms with Gasteiger partial charge in [0, 0.05) is 6.04 Å². The molecule has 7 heteroatoms. The molecule has 0 spiro atoms. The number of rotatable bonds is 7. The fourth-order valence-electron chi connectivity index (χ4n) is 1.74. The Bertz CT molecular complexity index is 586. The number of hydrogen-bond donors (Lipinski definition) is 2. The van der Waals surface area contributed by atoms with Gasteiger partial charge in [0.2, 0.25) is 10.0 Å². The topological polar surface area (TPSA) is 83.5 Å². The fourth-order valence-corrected chi connectivity index (χ4v) is 3.12. The smallest absolute Gasteiger partial charge is 0.335 e. The van der Waals surface area contributed by atoms with Gasteiger partial charge < -0.3 is 5.11 Å². The molecule has 0 saturated heterocycles. The van der Waals surface area contributed by atoms with Crippen molar-refractivity contribution in [2.75, 3.05) is 0 Å². The first kappa shape index (κ1) is 16.6. The van der Waals surface area contributed by atoms with Gasteiger partial charge in [0.25, 0.3) is 0 Å². The van der Waals surface area contributed by atoms with E-state index in [4.69, 9.17) is 5.11 Å². The van der Waals surface area contributed by atoms with E-state index in [1.807, 2.05) is 6.92 Å². The van der Waals surface area contributed by atoms with E-state index in [1.165, 1.54) is 0 Å². The highest BCUT2D eigenvalue weighted by molar-refractivity contribution is 7.89. The third kappa shape index (κ3) is 4.28. The number of carboxylic acids is 1. The van der Waals surface area contributed by atoms with Gasteiger partial charge in [0.05, 0.1) is 5.56 Å². The van der Waals surface area contributed by atoms with Crippen LogP contribution in [0.15, 0.2) is 23.1 Å². The van der Waals surface area contributed by atoms with Crippen LogP contribution < -0.4 is 4.72 Å². The highest BCUT2D eigenvalue weighted by atomic mass is 32.2. The normalized spacial score (nSPS) is 13.2. The molecule has 0 amide bonds. The van der Waals surface area contributed by atoms with E-state index in [0.29, 0.717) is 6.42 Å². The molecule has 0 aliphatic rings. The number of nitrogens with one attached hydrogen (secondary N) is 1. The molecular weight excluding hydrogens is 285 g/mol. The Kier molecular flexibility index (Phi) is 5.64. The molecule has 1 atom stereocenters. The molecule has 5 nitrogen and oxygen atoms in total. The Hall–Kier alpha value is -1.47. The van der Waals surface area contributed by atoms with Gasteiger partial charge in [-0.25, -0.2) is 22.3 Å². The summed E-state index contributed by atoms with van der Waals surface area (Å²) in [6, 6.07) is 2.35. The van der Waals surface area contributed by atoms with Crippen LogP contribution in [0.2, 0.25) is 0 Å². The van der Waals surface area contributed by atoms with E-state index >= 15 is 0 Å². The zero-order chi connectivity index (χ0) is 15.3. The lowest BCUT2D eigenvalue weighted by Crippen LogP contribution is -2.33. The monoisotopic (exact) mass is 303 g/mol. The predicted octanol–water partition coefficient (Wildman–Crippen LogP) is 2.38. The largest absolute Gasteiger partial charge is 0.478 e. The van der Waals surface area contributed by atoms with Crippen LogP contribution in [-0.2, 0) is 10.0 Å². The minimum Gasteiger partial charge on any atom is -0.478 e. The first-order chi connectivity index (χ1) is 9.27. The lowest BCUT2D eigenvalue weighted by Gasteiger charge is -2.14. The summed E-state index contributed by atoms with van der Waals surface area (Å²) in [5.74, 6) is -2.27. The van der Waals surface area contributed by atoms with E-state index in [9.17, 15) is 17.6 Å². The van der Waals surface area contributed by atoms with Gasteiger partial charge in [-0.15, -0.1) is 0 Å². The highest BCUT2D eigenvalue weighted by Gasteiger charge is 2.22. The van der Waals surface area contributed by atoms with Crippen molar-refractivity contribution in [3.8, 4) is 0 Å². The standard InChI is InChI=1S/C13H18FNO4S/c1-3-4-5-9(2)15-20(18,19)12-8-10(13(16)17)6-7-11(12)14/h6-9,15H,3-5H2,1-2H3,(H,16,17). The van der Waals surface area contributed by atoms with Crippen LogP contribution in [-0.4, -0.2) is 25.5 Å². The SMILES string of the molecule is CCCCC(C)NS(=O)(=O)c1cc(C(=O)O)ccc1F. The van der Waals surface area contributed by atoms with Crippen LogP contribution in [0.3, 0.4) is 0 Å². The summed E-state index contributed by atoms with van der Waals surface area (Å²) in [6.07, 6.45) is 2.41. The number of unbranched alkanes of at least 4 members (excludes halogenated alkanes) is 1. The molecule has 0 aliphatic heterocycles. The highest BCUT2D eigenvalue weighted by Crippen LogP contribution is 2.17. The molecule has 0 bridgehead atoms. The Morgan fingerprint density at radius 2 is 2.10 bits per heavy atom. The molecule has 0 heterocycles. The zero-order valence-electron chi connectivity index (χ0n) is 11.4. The lowest BCUT2D eigenvalue weighted by molar-refractivity contribution is 0.0696. The van der Waals surface area contributed by atoms with Crippen LogP contribution >= 0.6 is 0 Å². The third-order valence-electron chi connectivity index (χ3n) is 2.81. The average molecular weight is 303 g/mol. The van der Waals surface area contributed by atoms with Gasteiger partial charge in [-0.1, -0.05) is 19.8 Å². The summed E-state index contributed by atoms with van der Waals surface area (Å²) in [4.78, 5) is 10.2. The van der Waals surface area contributed by atoms with Crippen molar-refractivity contribution in [3.63, 3.8) is 0 Å². The molecule has 1 rings (SSSR count). The summed E-state index contributed by atoms with van der Waals surface area (Å²) in [7, 11) is -4.06. The lowest BCUT2D eigenvalue weighted by atomic mass is 10.2. The molecule has 0 radical (unpaired) electrons. The Balaban J connectivity index is 3.03. The quantitative estimate of drug-likeness (QED) is 0.810.